The lowest BCUT2D eigenvalue weighted by molar-refractivity contribution is -0.905. The van der Waals surface area contributed by atoms with Gasteiger partial charge < -0.3 is 10.2 Å². The third kappa shape index (κ3) is 4.43. The maximum atomic E-state index is 12.8. The Bertz CT molecular complexity index is 1020. The summed E-state index contributed by atoms with van der Waals surface area (Å²) in [4.78, 5) is 14.1. The molecule has 1 saturated heterocycles. The van der Waals surface area contributed by atoms with Gasteiger partial charge in [-0.2, -0.15) is 4.31 Å². The number of aryl methyl sites for hydroxylation is 1. The van der Waals surface area contributed by atoms with Crippen LogP contribution in [-0.2, 0) is 21.2 Å². The minimum absolute atomic E-state index is 0.105. The van der Waals surface area contributed by atoms with E-state index < -0.39 is 10.0 Å². The molecule has 1 fully saturated rings. The minimum atomic E-state index is -3.49. The third-order valence-corrected chi connectivity index (χ3v) is 8.12. The van der Waals surface area contributed by atoms with Gasteiger partial charge >= 0.3 is 0 Å². The fourth-order valence-corrected chi connectivity index (χ4v) is 6.22. The summed E-state index contributed by atoms with van der Waals surface area (Å²) in [6.07, 6.45) is 5.10. The zero-order valence-electron chi connectivity index (χ0n) is 17.4. The van der Waals surface area contributed by atoms with E-state index >= 15 is 0 Å². The summed E-state index contributed by atoms with van der Waals surface area (Å²) in [7, 11) is -1.44. The number of hydrogen-bond acceptors (Lipinski definition) is 3. The Hall–Kier alpha value is -2.22. The quantitative estimate of drug-likeness (QED) is 0.739. The molecule has 0 radical (unpaired) electrons. The van der Waals surface area contributed by atoms with Gasteiger partial charge in [0.15, 0.2) is 6.54 Å². The summed E-state index contributed by atoms with van der Waals surface area (Å²) in [5, 5.41) is 2.90. The second-order valence-corrected chi connectivity index (χ2v) is 10.3. The lowest BCUT2D eigenvalue weighted by Crippen LogP contribution is -3.10. The molecule has 2 aliphatic rings. The molecule has 0 saturated carbocycles. The average Bonchev–Trinajstić information content (AvgIpc) is 3.29. The van der Waals surface area contributed by atoms with Crippen molar-refractivity contribution in [2.24, 2.45) is 0 Å². The molecule has 30 heavy (non-hydrogen) atoms. The molecule has 1 amide bonds. The largest absolute Gasteiger partial charge is 0.323 e. The maximum absolute atomic E-state index is 12.8. The van der Waals surface area contributed by atoms with Crippen LogP contribution in [0, 0.1) is 0 Å². The van der Waals surface area contributed by atoms with Gasteiger partial charge in [0.25, 0.3) is 5.91 Å². The van der Waals surface area contributed by atoms with Crippen LogP contribution in [0.25, 0.3) is 0 Å². The molecule has 2 aromatic rings. The highest BCUT2D eigenvalue weighted by Crippen LogP contribution is 2.27. The number of quaternary nitrogens is 1. The fourth-order valence-electron chi connectivity index (χ4n) is 4.66. The lowest BCUT2D eigenvalue weighted by Gasteiger charge is -2.30. The van der Waals surface area contributed by atoms with Crippen molar-refractivity contribution in [3.8, 4) is 0 Å². The number of nitrogens with one attached hydrogen (secondary N) is 2. The number of sulfonamides is 1. The summed E-state index contributed by atoms with van der Waals surface area (Å²) in [6.45, 7) is 1.47. The Morgan fingerprint density at radius 2 is 1.87 bits per heavy atom. The van der Waals surface area contributed by atoms with Crippen molar-refractivity contribution >= 4 is 21.6 Å². The Balaban J connectivity index is 1.42. The number of nitrogens with zero attached hydrogens (tertiary/aromatic N) is 1. The number of anilines is 1. The smallest absolute Gasteiger partial charge is 0.279 e. The molecule has 0 spiro atoms. The first-order valence-electron chi connectivity index (χ1n) is 10.8. The van der Waals surface area contributed by atoms with Crippen LogP contribution in [-0.4, -0.2) is 45.3 Å². The van der Waals surface area contributed by atoms with Crippen LogP contribution in [0.3, 0.4) is 0 Å². The lowest BCUT2D eigenvalue weighted by atomic mass is 9.87. The van der Waals surface area contributed by atoms with Crippen molar-refractivity contribution < 1.29 is 18.1 Å². The average molecular weight is 429 g/mol. The van der Waals surface area contributed by atoms with Crippen molar-refractivity contribution in [1.29, 1.82) is 0 Å². The number of rotatable bonds is 6. The van der Waals surface area contributed by atoms with Crippen molar-refractivity contribution in [3.05, 3.63) is 59.7 Å². The normalized spacial score (nSPS) is 20.5. The predicted octanol–water partition coefficient (Wildman–Crippen LogP) is 2.00. The molecule has 2 N–H and O–H groups in total. The topological polar surface area (TPSA) is 70.9 Å². The van der Waals surface area contributed by atoms with Gasteiger partial charge in [0.2, 0.25) is 10.0 Å². The Morgan fingerprint density at radius 3 is 2.67 bits per heavy atom. The van der Waals surface area contributed by atoms with Gasteiger partial charge in [-0.1, -0.05) is 30.3 Å². The molecule has 1 aliphatic carbocycles. The number of hydrogen-bond donors (Lipinski definition) is 2. The van der Waals surface area contributed by atoms with Crippen LogP contribution in [0.15, 0.2) is 53.4 Å². The molecule has 6 nitrogen and oxygen atoms in total. The van der Waals surface area contributed by atoms with Gasteiger partial charge in [-0.15, -0.1) is 0 Å². The molecule has 160 valence electrons. The van der Waals surface area contributed by atoms with Crippen LogP contribution in [0.4, 0.5) is 5.69 Å². The van der Waals surface area contributed by atoms with E-state index in [1.54, 1.807) is 24.3 Å². The van der Waals surface area contributed by atoms with Gasteiger partial charge in [0.1, 0.15) is 6.04 Å². The fraction of sp³-hybridized carbons (Fsp3) is 0.435. The van der Waals surface area contributed by atoms with E-state index in [9.17, 15) is 13.2 Å². The van der Waals surface area contributed by atoms with Crippen LogP contribution < -0.4 is 10.2 Å². The van der Waals surface area contributed by atoms with Gasteiger partial charge in [-0.25, -0.2) is 8.42 Å². The Morgan fingerprint density at radius 1 is 1.10 bits per heavy atom. The molecule has 2 atom stereocenters. The standard InChI is InChI=1S/C23H29N3O3S/c1-25(22-13-6-9-18-8-2-3-12-21(18)22)17-23(27)24-19-10-7-11-20(16-19)30(28,29)26-14-4-5-15-26/h2-3,7-8,10-12,16,22H,4-6,9,13-15,17H2,1H3,(H,24,27)/p+1/t22-/m0/s1. The molecule has 4 rings (SSSR count). The number of benzene rings is 2. The van der Waals surface area contributed by atoms with Crippen molar-refractivity contribution in [3.63, 3.8) is 0 Å². The van der Waals surface area contributed by atoms with Crippen LogP contribution in [0.5, 0.6) is 0 Å². The van der Waals surface area contributed by atoms with Gasteiger partial charge in [-0.3, -0.25) is 4.79 Å². The van der Waals surface area contributed by atoms with E-state index in [4.69, 9.17) is 0 Å². The van der Waals surface area contributed by atoms with Crippen LogP contribution >= 0.6 is 0 Å². The number of amides is 1. The van der Waals surface area contributed by atoms with E-state index in [-0.39, 0.29) is 10.8 Å². The number of fused-ring (bicyclic) bond motifs is 1. The summed E-state index contributed by atoms with van der Waals surface area (Å²) < 4.78 is 27.1. The summed E-state index contributed by atoms with van der Waals surface area (Å²) in [6, 6.07) is 15.4. The molecule has 1 heterocycles. The molecule has 1 unspecified atom stereocenters. The minimum Gasteiger partial charge on any atom is -0.323 e. The highest BCUT2D eigenvalue weighted by molar-refractivity contribution is 7.89. The number of carbonyl (C=O) groups excluding carboxylic acids is 1. The van der Waals surface area contributed by atoms with E-state index in [0.717, 1.165) is 37.0 Å². The predicted molar refractivity (Wildman–Crippen MR) is 117 cm³/mol. The molecule has 7 heteroatoms. The van der Waals surface area contributed by atoms with E-state index in [1.165, 1.54) is 15.4 Å². The molecular weight excluding hydrogens is 398 g/mol. The summed E-state index contributed by atoms with van der Waals surface area (Å²) in [5.41, 5.74) is 3.25. The van der Waals surface area contributed by atoms with E-state index in [2.05, 4.69) is 36.6 Å². The Kier molecular flexibility index (Phi) is 6.22. The highest BCUT2D eigenvalue weighted by atomic mass is 32.2. The number of likely N-dealkylation sites (N-methyl/N-ethyl adjacent to an activating group) is 1. The van der Waals surface area contributed by atoms with E-state index in [0.29, 0.717) is 31.4 Å². The molecule has 1 aliphatic heterocycles. The van der Waals surface area contributed by atoms with Gasteiger partial charge in [-0.05, 0) is 49.4 Å². The summed E-state index contributed by atoms with van der Waals surface area (Å²) >= 11 is 0. The zero-order chi connectivity index (χ0) is 21.1. The van der Waals surface area contributed by atoms with Crippen molar-refractivity contribution in [2.45, 2.75) is 43.0 Å². The molecule has 0 bridgehead atoms. The van der Waals surface area contributed by atoms with Crippen molar-refractivity contribution in [2.75, 3.05) is 32.0 Å². The highest BCUT2D eigenvalue weighted by Gasteiger charge is 2.29. The molecular formula is C23H30N3O3S+. The third-order valence-electron chi connectivity index (χ3n) is 6.22. The molecule has 2 aromatic carbocycles. The maximum Gasteiger partial charge on any atom is 0.279 e. The Labute approximate surface area is 178 Å². The first kappa shape index (κ1) is 21.0. The van der Waals surface area contributed by atoms with Crippen LogP contribution in [0.2, 0.25) is 0 Å². The first-order chi connectivity index (χ1) is 14.4. The first-order valence-corrected chi connectivity index (χ1v) is 12.2. The zero-order valence-corrected chi connectivity index (χ0v) is 18.2. The number of carbonyl (C=O) groups is 1. The monoisotopic (exact) mass is 428 g/mol. The van der Waals surface area contributed by atoms with Crippen LogP contribution in [0.1, 0.15) is 42.9 Å². The summed E-state index contributed by atoms with van der Waals surface area (Å²) in [5.74, 6) is -0.105. The van der Waals surface area contributed by atoms with Gasteiger partial charge in [0.05, 0.1) is 11.9 Å². The second-order valence-electron chi connectivity index (χ2n) is 8.35. The second kappa shape index (κ2) is 8.88. The van der Waals surface area contributed by atoms with E-state index in [1.807, 2.05) is 0 Å². The van der Waals surface area contributed by atoms with Crippen molar-refractivity contribution in [1.82, 2.24) is 4.31 Å². The SMILES string of the molecule is C[NH+](CC(=O)Nc1cccc(S(=O)(=O)N2CCCC2)c1)[C@H]1CCCc2ccccc21. The van der Waals surface area contributed by atoms with Gasteiger partial charge in [0, 0.05) is 30.8 Å². The molecule has 0 aromatic heterocycles.